The molecule has 0 spiro atoms. The summed E-state index contributed by atoms with van der Waals surface area (Å²) in [5.74, 6) is 2.62. The number of rotatable bonds is 6. The van der Waals surface area contributed by atoms with E-state index in [4.69, 9.17) is 9.47 Å². The molecule has 11 rings (SSSR count). The molecule has 2 aromatic carbocycles. The van der Waals surface area contributed by atoms with Gasteiger partial charge in [0.25, 0.3) is 0 Å². The second kappa shape index (κ2) is 10.3. The number of Topliss-reactive ketones (excluding diaryl/α,β-unsaturated/α-hetero) is 1. The van der Waals surface area contributed by atoms with Crippen molar-refractivity contribution in [3.63, 3.8) is 0 Å². The summed E-state index contributed by atoms with van der Waals surface area (Å²) >= 11 is 0. The van der Waals surface area contributed by atoms with E-state index in [0.29, 0.717) is 73.2 Å². The average Bonchev–Trinajstić information content (AvgIpc) is 4.07. The number of aromatic nitrogens is 1. The zero-order valence-corrected chi connectivity index (χ0v) is 29.7. The van der Waals surface area contributed by atoms with E-state index in [-0.39, 0.29) is 17.9 Å². The lowest BCUT2D eigenvalue weighted by Crippen LogP contribution is -2.76. The molecule has 6 aliphatic carbocycles. The van der Waals surface area contributed by atoms with Crippen molar-refractivity contribution in [3.8, 4) is 11.5 Å². The van der Waals surface area contributed by atoms with Crippen molar-refractivity contribution in [1.82, 2.24) is 14.8 Å². The zero-order valence-electron chi connectivity index (χ0n) is 29.7. The summed E-state index contributed by atoms with van der Waals surface area (Å²) in [6.07, 6.45) is 6.97. The first-order valence-electron chi connectivity index (χ1n) is 19.4. The van der Waals surface area contributed by atoms with Crippen molar-refractivity contribution in [2.45, 2.75) is 104 Å². The zero-order chi connectivity index (χ0) is 34.7. The number of ether oxygens (including phenoxy) is 2. The number of likely N-dealkylation sites (tertiary alicyclic amines) is 2. The fourth-order valence-corrected chi connectivity index (χ4v) is 12.5. The molecule has 268 valence electrons. The van der Waals surface area contributed by atoms with Crippen molar-refractivity contribution in [2.24, 2.45) is 11.8 Å². The van der Waals surface area contributed by atoms with E-state index < -0.39 is 28.1 Å². The number of ketones is 1. The Morgan fingerprint density at radius 3 is 1.98 bits per heavy atom. The third kappa shape index (κ3) is 3.82. The molecular weight excluding hydrogens is 642 g/mol. The molecule has 4 N–H and O–H groups in total. The van der Waals surface area contributed by atoms with Crippen LogP contribution in [0, 0.1) is 11.8 Å². The number of hydrogen-bond acceptors (Lipinski definition) is 8. The predicted molar refractivity (Wildman–Crippen MR) is 190 cm³/mol. The van der Waals surface area contributed by atoms with Gasteiger partial charge in [-0.05, 0) is 134 Å². The van der Waals surface area contributed by atoms with E-state index in [0.717, 1.165) is 59.6 Å². The molecule has 51 heavy (non-hydrogen) atoms. The summed E-state index contributed by atoms with van der Waals surface area (Å²) in [4.78, 5) is 24.0. The van der Waals surface area contributed by atoms with Gasteiger partial charge in [-0.2, -0.15) is 0 Å². The van der Waals surface area contributed by atoms with E-state index in [1.54, 1.807) is 14.2 Å². The number of H-pyrrole nitrogens is 1. The summed E-state index contributed by atoms with van der Waals surface area (Å²) < 4.78 is 11.4. The molecule has 4 fully saturated rings. The Balaban J connectivity index is 1.10. The molecule has 2 saturated carbocycles. The highest BCUT2D eigenvalue weighted by molar-refractivity contribution is 6.08. The topological polar surface area (TPSA) is 118 Å². The van der Waals surface area contributed by atoms with Crippen LogP contribution in [-0.4, -0.2) is 99.6 Å². The SMILES string of the molecule is COc1ccc2c(c1)[C@]13CCN(CC4CC4)[C@H](C2)[C@]1(O)Cc1c([nH]c2c1C[C@@]1(O)[C@H]4Cc5ccc(OC)cc5[C@@]1(CCN4CC1CC1)C2=O)[C@H]3O. The van der Waals surface area contributed by atoms with Gasteiger partial charge in [0.05, 0.1) is 36.3 Å². The molecule has 3 heterocycles. The fourth-order valence-electron chi connectivity index (χ4n) is 12.5. The minimum Gasteiger partial charge on any atom is -0.497 e. The van der Waals surface area contributed by atoms with Gasteiger partial charge in [-0.25, -0.2) is 0 Å². The standard InChI is InChI=1S/C42H49N3O6/c1-50-27-9-7-25-15-33-41(48)19-29-30-20-42(49)34-16-26-8-10-28(51-2)18-32(26)40(42,12-14-45(34)22-24-5-6-24)38(47)36(30)43-35(29)37(46)39(41,31(25)17-27)11-13-44(33)21-23-3-4-23/h7-10,17-18,23-24,33-34,37,43,46,48-49H,3-6,11-16,19-22H2,1-2H3/t33-,34-,37-,39+,40+,41-,42-/m1/s1. The maximum atomic E-state index is 15.5. The molecular formula is C42H49N3O6. The first kappa shape index (κ1) is 31.3. The van der Waals surface area contributed by atoms with Crippen LogP contribution in [0.25, 0.3) is 0 Å². The molecule has 9 nitrogen and oxygen atoms in total. The van der Waals surface area contributed by atoms with Crippen LogP contribution in [0.15, 0.2) is 36.4 Å². The number of carbonyl (C=O) groups is 1. The molecule has 9 heteroatoms. The highest BCUT2D eigenvalue weighted by atomic mass is 16.5. The summed E-state index contributed by atoms with van der Waals surface area (Å²) in [6, 6.07) is 11.8. The number of piperidine rings is 2. The van der Waals surface area contributed by atoms with Crippen LogP contribution >= 0.6 is 0 Å². The number of aliphatic hydroxyl groups excluding tert-OH is 1. The Morgan fingerprint density at radius 2 is 1.35 bits per heavy atom. The number of nitrogens with zero attached hydrogens (tertiary/aromatic N) is 2. The monoisotopic (exact) mass is 691 g/mol. The smallest absolute Gasteiger partial charge is 0.192 e. The molecule has 2 saturated heterocycles. The van der Waals surface area contributed by atoms with Gasteiger partial charge in [-0.1, -0.05) is 12.1 Å². The summed E-state index contributed by atoms with van der Waals surface area (Å²) in [6.45, 7) is 3.46. The van der Waals surface area contributed by atoms with Crippen LogP contribution in [0.2, 0.25) is 0 Å². The Kier molecular flexibility index (Phi) is 6.30. The van der Waals surface area contributed by atoms with E-state index in [1.165, 1.54) is 25.7 Å². The van der Waals surface area contributed by atoms with Crippen molar-refractivity contribution in [2.75, 3.05) is 40.4 Å². The number of carbonyl (C=O) groups excluding carboxylic acids is 1. The Labute approximate surface area is 298 Å². The second-order valence-corrected chi connectivity index (χ2v) is 17.5. The first-order valence-corrected chi connectivity index (χ1v) is 19.4. The number of fused-ring (bicyclic) bond motifs is 5. The molecule has 0 amide bonds. The van der Waals surface area contributed by atoms with Gasteiger partial charge in [-0.3, -0.25) is 14.6 Å². The highest BCUT2D eigenvalue weighted by Gasteiger charge is 2.72. The maximum absolute atomic E-state index is 15.5. The van der Waals surface area contributed by atoms with Gasteiger partial charge >= 0.3 is 0 Å². The summed E-state index contributed by atoms with van der Waals surface area (Å²) in [7, 11) is 3.31. The summed E-state index contributed by atoms with van der Waals surface area (Å²) in [5, 5.41) is 39.7. The third-order valence-corrected chi connectivity index (χ3v) is 15.3. The fraction of sp³-hybridized carbons (Fsp3) is 0.595. The molecule has 2 aliphatic heterocycles. The van der Waals surface area contributed by atoms with Gasteiger partial charge in [0.2, 0.25) is 0 Å². The number of aromatic amines is 1. The lowest BCUT2D eigenvalue weighted by molar-refractivity contribution is -0.189. The van der Waals surface area contributed by atoms with Crippen molar-refractivity contribution in [1.29, 1.82) is 0 Å². The van der Waals surface area contributed by atoms with E-state index in [2.05, 4.69) is 26.9 Å². The summed E-state index contributed by atoms with van der Waals surface area (Å²) in [5.41, 5.74) is 2.14. The third-order valence-electron chi connectivity index (χ3n) is 15.3. The van der Waals surface area contributed by atoms with Gasteiger partial charge < -0.3 is 29.8 Å². The van der Waals surface area contributed by atoms with E-state index in [1.807, 2.05) is 24.3 Å². The van der Waals surface area contributed by atoms with Crippen LogP contribution in [0.4, 0.5) is 0 Å². The number of methoxy groups -OCH3 is 2. The molecule has 1 aromatic heterocycles. The Morgan fingerprint density at radius 1 is 0.784 bits per heavy atom. The van der Waals surface area contributed by atoms with E-state index >= 15 is 4.79 Å². The van der Waals surface area contributed by atoms with Crippen molar-refractivity contribution < 1.29 is 29.6 Å². The average molecular weight is 692 g/mol. The lowest BCUT2D eigenvalue weighted by atomic mass is 9.47. The van der Waals surface area contributed by atoms with Crippen molar-refractivity contribution in [3.05, 3.63) is 81.2 Å². The quantitative estimate of drug-likeness (QED) is 0.309. The van der Waals surface area contributed by atoms with Gasteiger partial charge in [0.15, 0.2) is 5.78 Å². The molecule has 8 aliphatic rings. The number of nitrogens with one attached hydrogen (secondary N) is 1. The lowest BCUT2D eigenvalue weighted by Gasteiger charge is -2.65. The van der Waals surface area contributed by atoms with Crippen LogP contribution in [0.1, 0.15) is 94.2 Å². The van der Waals surface area contributed by atoms with Crippen LogP contribution in [0.5, 0.6) is 11.5 Å². The number of aliphatic hydroxyl groups is 3. The maximum Gasteiger partial charge on any atom is 0.192 e. The van der Waals surface area contributed by atoms with Gasteiger partial charge in [0.1, 0.15) is 23.2 Å². The number of benzene rings is 2. The highest BCUT2D eigenvalue weighted by Crippen LogP contribution is 2.64. The second-order valence-electron chi connectivity index (χ2n) is 17.5. The Hall–Kier alpha value is -3.21. The minimum atomic E-state index is -1.34. The predicted octanol–water partition coefficient (Wildman–Crippen LogP) is 3.78. The molecule has 3 aromatic rings. The van der Waals surface area contributed by atoms with Crippen LogP contribution in [-0.2, 0) is 36.5 Å². The molecule has 7 atom stereocenters. The Bertz CT molecular complexity index is 2000. The first-order chi connectivity index (χ1) is 24.6. The molecule has 0 unspecified atom stereocenters. The minimum absolute atomic E-state index is 0.0917. The van der Waals surface area contributed by atoms with Gasteiger partial charge in [-0.15, -0.1) is 0 Å². The molecule has 4 bridgehead atoms. The molecule has 0 radical (unpaired) electrons. The van der Waals surface area contributed by atoms with E-state index in [9.17, 15) is 15.3 Å². The number of hydrogen-bond donors (Lipinski definition) is 4. The van der Waals surface area contributed by atoms with Crippen LogP contribution < -0.4 is 9.47 Å². The van der Waals surface area contributed by atoms with Crippen LogP contribution in [0.3, 0.4) is 0 Å². The van der Waals surface area contributed by atoms with Gasteiger partial charge in [0, 0.05) is 43.7 Å². The largest absolute Gasteiger partial charge is 0.497 e. The normalized spacial score (nSPS) is 37.7. The van der Waals surface area contributed by atoms with Crippen molar-refractivity contribution >= 4 is 5.78 Å².